The zero-order valence-corrected chi connectivity index (χ0v) is 16.0. The van der Waals surface area contributed by atoms with Gasteiger partial charge in [0.05, 0.1) is 17.7 Å². The minimum atomic E-state index is -3.90. The maximum Gasteiger partial charge on any atom is 0.326 e. The van der Waals surface area contributed by atoms with Crippen molar-refractivity contribution in [2.45, 2.75) is 18.7 Å². The summed E-state index contributed by atoms with van der Waals surface area (Å²) in [7, 11) is -2.67. The zero-order valence-electron chi connectivity index (χ0n) is 13.6. The first-order valence-corrected chi connectivity index (χ1v) is 9.41. The Morgan fingerprint density at radius 2 is 1.75 bits per heavy atom. The molecule has 0 N–H and O–H groups in total. The number of ether oxygens (including phenoxy) is 1. The molecule has 24 heavy (non-hydrogen) atoms. The molecule has 2 aromatic carbocycles. The van der Waals surface area contributed by atoms with Gasteiger partial charge in [-0.3, -0.25) is 9.10 Å². The van der Waals surface area contributed by atoms with Crippen LogP contribution in [0, 0.1) is 13.8 Å². The third kappa shape index (κ3) is 3.96. The predicted molar refractivity (Wildman–Crippen MR) is 96.6 cm³/mol. The molecule has 0 bridgehead atoms. The van der Waals surface area contributed by atoms with Crippen LogP contribution in [0.15, 0.2) is 51.8 Å². The number of benzene rings is 2. The molecule has 0 amide bonds. The Kier molecular flexibility index (Phi) is 5.66. The van der Waals surface area contributed by atoms with E-state index in [2.05, 4.69) is 20.7 Å². The van der Waals surface area contributed by atoms with Gasteiger partial charge >= 0.3 is 5.97 Å². The normalized spacial score (nSPS) is 11.2. The number of hydrogen-bond acceptors (Lipinski definition) is 4. The van der Waals surface area contributed by atoms with Crippen LogP contribution < -0.4 is 4.31 Å². The number of aryl methyl sites for hydroxylation is 2. The average Bonchev–Trinajstić information content (AvgIpc) is 2.53. The van der Waals surface area contributed by atoms with Gasteiger partial charge in [0.25, 0.3) is 10.0 Å². The summed E-state index contributed by atoms with van der Waals surface area (Å²) in [5.41, 5.74) is 2.23. The van der Waals surface area contributed by atoms with E-state index in [1.807, 2.05) is 26.0 Å². The standard InChI is InChI=1S/C17H18BrNO4S/c1-12-4-9-16(13(2)10-12)19(11-17(20)23-3)24(21,22)15-7-5-14(18)6-8-15/h4-10H,11H2,1-3H3. The van der Waals surface area contributed by atoms with E-state index in [1.54, 1.807) is 18.2 Å². The minimum Gasteiger partial charge on any atom is -0.468 e. The van der Waals surface area contributed by atoms with Gasteiger partial charge in [0.1, 0.15) is 6.54 Å². The van der Waals surface area contributed by atoms with E-state index in [4.69, 9.17) is 0 Å². The first-order chi connectivity index (χ1) is 11.3. The summed E-state index contributed by atoms with van der Waals surface area (Å²) < 4.78 is 32.6. The van der Waals surface area contributed by atoms with Crippen molar-refractivity contribution in [2.75, 3.05) is 18.0 Å². The van der Waals surface area contributed by atoms with Gasteiger partial charge in [-0.25, -0.2) is 8.42 Å². The van der Waals surface area contributed by atoms with Crippen LogP contribution in [0.3, 0.4) is 0 Å². The number of carbonyl (C=O) groups is 1. The van der Waals surface area contributed by atoms with E-state index in [0.717, 1.165) is 19.9 Å². The highest BCUT2D eigenvalue weighted by Crippen LogP contribution is 2.28. The van der Waals surface area contributed by atoms with Gasteiger partial charge in [-0.15, -0.1) is 0 Å². The Labute approximate surface area is 150 Å². The van der Waals surface area contributed by atoms with Crippen molar-refractivity contribution >= 4 is 37.6 Å². The van der Waals surface area contributed by atoms with Gasteiger partial charge in [0, 0.05) is 4.47 Å². The largest absolute Gasteiger partial charge is 0.468 e. The quantitative estimate of drug-likeness (QED) is 0.706. The highest BCUT2D eigenvalue weighted by Gasteiger charge is 2.28. The summed E-state index contributed by atoms with van der Waals surface area (Å²) in [6, 6.07) is 11.7. The predicted octanol–water partition coefficient (Wildman–Crippen LogP) is 3.43. The van der Waals surface area contributed by atoms with Crippen molar-refractivity contribution in [2.24, 2.45) is 0 Å². The van der Waals surface area contributed by atoms with Crippen LogP contribution in [-0.2, 0) is 19.6 Å². The molecule has 2 aromatic rings. The number of nitrogens with zero attached hydrogens (tertiary/aromatic N) is 1. The smallest absolute Gasteiger partial charge is 0.326 e. The Morgan fingerprint density at radius 1 is 1.12 bits per heavy atom. The van der Waals surface area contributed by atoms with Gasteiger partial charge in [-0.05, 0) is 49.7 Å². The lowest BCUT2D eigenvalue weighted by Gasteiger charge is -2.25. The number of rotatable bonds is 5. The lowest BCUT2D eigenvalue weighted by molar-refractivity contribution is -0.138. The molecule has 0 radical (unpaired) electrons. The molecule has 5 nitrogen and oxygen atoms in total. The summed E-state index contributed by atoms with van der Waals surface area (Å²) in [6.07, 6.45) is 0. The topological polar surface area (TPSA) is 63.7 Å². The molecule has 0 atom stereocenters. The van der Waals surface area contributed by atoms with E-state index in [9.17, 15) is 13.2 Å². The number of hydrogen-bond donors (Lipinski definition) is 0. The van der Waals surface area contributed by atoms with E-state index in [1.165, 1.54) is 19.2 Å². The molecule has 0 spiro atoms. The number of halogens is 1. The van der Waals surface area contributed by atoms with Gasteiger partial charge in [0.15, 0.2) is 0 Å². The monoisotopic (exact) mass is 411 g/mol. The summed E-state index contributed by atoms with van der Waals surface area (Å²) in [5, 5.41) is 0. The summed E-state index contributed by atoms with van der Waals surface area (Å²) in [4.78, 5) is 11.9. The Hall–Kier alpha value is -1.86. The molecule has 2 rings (SSSR count). The fraction of sp³-hybridized carbons (Fsp3) is 0.235. The SMILES string of the molecule is COC(=O)CN(c1ccc(C)cc1C)S(=O)(=O)c1ccc(Br)cc1. The number of carbonyl (C=O) groups excluding carboxylic acids is 1. The number of anilines is 1. The number of sulfonamides is 1. The second-order valence-corrected chi connectivity index (χ2v) is 8.11. The third-order valence-electron chi connectivity index (χ3n) is 3.52. The highest BCUT2D eigenvalue weighted by molar-refractivity contribution is 9.10. The Bertz CT molecular complexity index is 847. The van der Waals surface area contributed by atoms with Crippen molar-refractivity contribution < 1.29 is 17.9 Å². The molecule has 0 aromatic heterocycles. The van der Waals surface area contributed by atoms with Crippen LogP contribution in [0.2, 0.25) is 0 Å². The van der Waals surface area contributed by atoms with Crippen LogP contribution in [0.25, 0.3) is 0 Å². The fourth-order valence-corrected chi connectivity index (χ4v) is 4.04. The van der Waals surface area contributed by atoms with Gasteiger partial charge in [0.2, 0.25) is 0 Å². The molecule has 0 saturated carbocycles. The molecular formula is C17H18BrNO4S. The number of esters is 1. The molecule has 128 valence electrons. The average molecular weight is 412 g/mol. The Balaban J connectivity index is 2.57. The van der Waals surface area contributed by atoms with Crippen molar-refractivity contribution in [3.63, 3.8) is 0 Å². The molecule has 0 unspecified atom stereocenters. The Morgan fingerprint density at radius 3 is 2.29 bits per heavy atom. The molecule has 0 aliphatic heterocycles. The molecule has 0 fully saturated rings. The van der Waals surface area contributed by atoms with Crippen LogP contribution in [0.1, 0.15) is 11.1 Å². The van der Waals surface area contributed by atoms with E-state index < -0.39 is 22.5 Å². The first kappa shape index (κ1) is 18.5. The van der Waals surface area contributed by atoms with Crippen LogP contribution >= 0.6 is 15.9 Å². The van der Waals surface area contributed by atoms with Crippen molar-refractivity contribution in [1.29, 1.82) is 0 Å². The summed E-state index contributed by atoms with van der Waals surface area (Å²) in [5.74, 6) is -0.629. The second-order valence-electron chi connectivity index (χ2n) is 5.33. The molecule has 0 heterocycles. The van der Waals surface area contributed by atoms with Gasteiger partial charge < -0.3 is 4.74 Å². The summed E-state index contributed by atoms with van der Waals surface area (Å²) in [6.45, 7) is 3.34. The van der Waals surface area contributed by atoms with E-state index in [0.29, 0.717) is 5.69 Å². The molecule has 0 saturated heterocycles. The zero-order chi connectivity index (χ0) is 17.9. The first-order valence-electron chi connectivity index (χ1n) is 7.18. The van der Waals surface area contributed by atoms with E-state index >= 15 is 0 Å². The van der Waals surface area contributed by atoms with E-state index in [-0.39, 0.29) is 4.90 Å². The van der Waals surface area contributed by atoms with Gasteiger partial charge in [-0.1, -0.05) is 33.6 Å². The maximum atomic E-state index is 13.0. The van der Waals surface area contributed by atoms with Gasteiger partial charge in [-0.2, -0.15) is 0 Å². The third-order valence-corrected chi connectivity index (χ3v) is 5.83. The maximum absolute atomic E-state index is 13.0. The lowest BCUT2D eigenvalue weighted by atomic mass is 10.1. The lowest BCUT2D eigenvalue weighted by Crippen LogP contribution is -2.36. The molecular weight excluding hydrogens is 394 g/mol. The van der Waals surface area contributed by atoms with Crippen LogP contribution in [0.4, 0.5) is 5.69 Å². The van der Waals surface area contributed by atoms with Crippen molar-refractivity contribution in [3.8, 4) is 0 Å². The highest BCUT2D eigenvalue weighted by atomic mass is 79.9. The summed E-state index contributed by atoms with van der Waals surface area (Å²) >= 11 is 3.28. The molecule has 0 aliphatic carbocycles. The second kappa shape index (κ2) is 7.36. The van der Waals surface area contributed by atoms with Crippen LogP contribution in [0.5, 0.6) is 0 Å². The fourth-order valence-electron chi connectivity index (χ4n) is 2.30. The van der Waals surface area contributed by atoms with Crippen LogP contribution in [-0.4, -0.2) is 28.0 Å². The molecule has 0 aliphatic rings. The minimum absolute atomic E-state index is 0.106. The van der Waals surface area contributed by atoms with Crippen molar-refractivity contribution in [1.82, 2.24) is 0 Å². The number of methoxy groups -OCH3 is 1. The van der Waals surface area contributed by atoms with Crippen molar-refractivity contribution in [3.05, 3.63) is 58.1 Å². The molecule has 7 heteroatoms.